The zero-order valence-electron chi connectivity index (χ0n) is 10.4. The first-order chi connectivity index (χ1) is 9.02. The molecule has 6 nitrogen and oxygen atoms in total. The highest BCUT2D eigenvalue weighted by molar-refractivity contribution is 6.30. The van der Waals surface area contributed by atoms with Crippen molar-refractivity contribution in [1.29, 1.82) is 0 Å². The van der Waals surface area contributed by atoms with Crippen molar-refractivity contribution < 1.29 is 25.7 Å². The maximum absolute atomic E-state index is 11.7. The fourth-order valence-corrected chi connectivity index (χ4v) is 1.65. The summed E-state index contributed by atoms with van der Waals surface area (Å²) in [6.07, 6.45) is -0.148. The number of halogens is 1. The zero-order chi connectivity index (χ0) is 14.3. The highest BCUT2D eigenvalue weighted by Crippen LogP contribution is 2.13. The first-order valence-electron chi connectivity index (χ1n) is 5.91. The summed E-state index contributed by atoms with van der Waals surface area (Å²) >= 11 is 5.72. The monoisotopic (exact) mass is 286 g/mol. The van der Waals surface area contributed by atoms with E-state index < -0.39 is 12.0 Å². The molecule has 0 bridgehead atoms. The van der Waals surface area contributed by atoms with Crippen LogP contribution in [-0.4, -0.2) is 31.0 Å². The minimum absolute atomic E-state index is 0.148. The highest BCUT2D eigenvalue weighted by Gasteiger charge is 2.18. The van der Waals surface area contributed by atoms with Gasteiger partial charge >= 0.3 is 0 Å². The lowest BCUT2D eigenvalue weighted by molar-refractivity contribution is -0.695. The van der Waals surface area contributed by atoms with Crippen molar-refractivity contribution in [2.24, 2.45) is 0 Å². The molecule has 104 valence electrons. The number of carbonyl (C=O) groups excluding carboxylic acids is 2. The molecule has 1 aromatic carbocycles. The molecule has 0 aliphatic heterocycles. The minimum Gasteiger partial charge on any atom is -0.544 e. The fraction of sp³-hybridized carbons (Fsp3) is 0.333. The molecule has 0 aliphatic rings. The van der Waals surface area contributed by atoms with E-state index in [4.69, 9.17) is 11.6 Å². The van der Waals surface area contributed by atoms with Gasteiger partial charge in [-0.1, -0.05) is 11.6 Å². The van der Waals surface area contributed by atoms with E-state index in [0.717, 1.165) is 0 Å². The number of nitrogens with two attached hydrogens (primary N) is 1. The van der Waals surface area contributed by atoms with Crippen molar-refractivity contribution in [3.63, 3.8) is 0 Å². The van der Waals surface area contributed by atoms with Gasteiger partial charge in [0.05, 0.1) is 12.4 Å². The summed E-state index contributed by atoms with van der Waals surface area (Å²) in [5, 5.41) is 15.6. The summed E-state index contributed by atoms with van der Waals surface area (Å²) in [5.41, 5.74) is 4.19. The number of anilines is 1. The fourth-order valence-electron chi connectivity index (χ4n) is 1.53. The Balaban J connectivity index is 2.52. The number of hydrogen-bond donors (Lipinski definition) is 3. The van der Waals surface area contributed by atoms with Gasteiger partial charge in [0.15, 0.2) is 0 Å². The van der Waals surface area contributed by atoms with Crippen molar-refractivity contribution in [2.75, 3.05) is 18.4 Å². The first-order valence-corrected chi connectivity index (χ1v) is 6.29. The average molecular weight is 287 g/mol. The smallest absolute Gasteiger partial charge is 0.230 e. The van der Waals surface area contributed by atoms with Crippen LogP contribution in [0.3, 0.4) is 0 Å². The van der Waals surface area contributed by atoms with Gasteiger partial charge in [0.2, 0.25) is 5.91 Å². The second-order valence-corrected chi connectivity index (χ2v) is 4.50. The third-order valence-corrected chi connectivity index (χ3v) is 2.74. The zero-order valence-corrected chi connectivity index (χ0v) is 11.2. The molecule has 0 saturated carbocycles. The Kier molecular flexibility index (Phi) is 6.27. The van der Waals surface area contributed by atoms with Gasteiger partial charge in [0.1, 0.15) is 19.1 Å². The number of rotatable bonds is 7. The number of amides is 1. The number of benzene rings is 1. The van der Waals surface area contributed by atoms with E-state index >= 15 is 0 Å². The van der Waals surface area contributed by atoms with E-state index in [1.807, 2.05) is 0 Å². The van der Waals surface area contributed by atoms with Gasteiger partial charge in [-0.2, -0.15) is 0 Å². The van der Waals surface area contributed by atoms with Crippen molar-refractivity contribution in [3.8, 4) is 0 Å². The van der Waals surface area contributed by atoms with Gasteiger partial charge in [-0.3, -0.25) is 4.79 Å². The lowest BCUT2D eigenvalue weighted by Gasteiger charge is -2.15. The molecule has 0 fully saturated rings. The molecule has 0 unspecified atom stereocenters. The predicted octanol–water partition coefficient (Wildman–Crippen LogP) is -2.41. The predicted molar refractivity (Wildman–Crippen MR) is 68.0 cm³/mol. The Morgan fingerprint density at radius 2 is 2.00 bits per heavy atom. The van der Waals surface area contributed by atoms with Crippen LogP contribution >= 0.6 is 11.6 Å². The Morgan fingerprint density at radius 3 is 2.53 bits per heavy atom. The standard InChI is InChI=1S/C12H16ClN3O3/c13-8-1-3-9(4-2-8)16-11(17)7-10(12(18)19)15-6-5-14/h1-4,10,15H,5-7,14H2,(H,16,17)(H,18,19)/p+1/t10-/m0/s1. The quantitative estimate of drug-likeness (QED) is 0.519. The Labute approximate surface area is 115 Å². The molecule has 1 amide bonds. The second kappa shape index (κ2) is 7.73. The van der Waals surface area contributed by atoms with Gasteiger partial charge in [-0.05, 0) is 24.3 Å². The Morgan fingerprint density at radius 1 is 1.37 bits per heavy atom. The van der Waals surface area contributed by atoms with Gasteiger partial charge < -0.3 is 26.3 Å². The molecule has 1 rings (SSSR count). The first kappa shape index (κ1) is 15.4. The molecule has 0 heterocycles. The van der Waals surface area contributed by atoms with Crippen LogP contribution in [0.2, 0.25) is 5.02 Å². The molecular weight excluding hydrogens is 270 g/mol. The van der Waals surface area contributed by atoms with E-state index in [1.165, 1.54) is 0 Å². The van der Waals surface area contributed by atoms with Crippen LogP contribution in [0.15, 0.2) is 24.3 Å². The second-order valence-electron chi connectivity index (χ2n) is 4.06. The van der Waals surface area contributed by atoms with Crippen molar-refractivity contribution in [3.05, 3.63) is 29.3 Å². The van der Waals surface area contributed by atoms with E-state index in [1.54, 1.807) is 29.6 Å². The van der Waals surface area contributed by atoms with Crippen LogP contribution in [0, 0.1) is 0 Å². The largest absolute Gasteiger partial charge is 0.544 e. The molecular formula is C12H17ClN3O3+. The molecule has 0 saturated heterocycles. The van der Waals surface area contributed by atoms with E-state index in [-0.39, 0.29) is 12.3 Å². The van der Waals surface area contributed by atoms with E-state index in [9.17, 15) is 14.7 Å². The topological polar surface area (TPSA) is 113 Å². The lowest BCUT2D eigenvalue weighted by Crippen LogP contribution is -2.95. The number of hydrogen-bond acceptors (Lipinski definition) is 3. The molecule has 1 atom stereocenters. The number of nitrogens with one attached hydrogen (secondary N) is 1. The average Bonchev–Trinajstić information content (AvgIpc) is 2.37. The number of aliphatic carboxylic acids is 1. The molecule has 6 N–H and O–H groups in total. The number of carboxylic acid groups (broad SMARTS) is 1. The van der Waals surface area contributed by atoms with E-state index in [0.29, 0.717) is 23.8 Å². The number of carboxylic acids is 1. The van der Waals surface area contributed by atoms with Crippen molar-refractivity contribution >= 4 is 29.2 Å². The van der Waals surface area contributed by atoms with E-state index in [2.05, 4.69) is 11.1 Å². The van der Waals surface area contributed by atoms with Crippen LogP contribution in [-0.2, 0) is 9.59 Å². The molecule has 7 heteroatoms. The summed E-state index contributed by atoms with van der Waals surface area (Å²) in [6, 6.07) is 5.68. The summed E-state index contributed by atoms with van der Waals surface area (Å²) < 4.78 is 0. The van der Waals surface area contributed by atoms with Crippen molar-refractivity contribution in [1.82, 2.24) is 0 Å². The SMILES string of the molecule is [NH3+]CC[NH2+][C@@H](CC(=O)Nc1ccc(Cl)cc1)C(=O)[O-]. The maximum Gasteiger partial charge on any atom is 0.230 e. The molecule has 0 aliphatic carbocycles. The summed E-state index contributed by atoms with van der Waals surface area (Å²) in [7, 11) is 0. The van der Waals surface area contributed by atoms with Gasteiger partial charge in [-0.25, -0.2) is 0 Å². The van der Waals surface area contributed by atoms with Crippen LogP contribution in [0.4, 0.5) is 5.69 Å². The Bertz CT molecular complexity index is 436. The van der Waals surface area contributed by atoms with Crippen LogP contribution in [0.5, 0.6) is 0 Å². The molecule has 0 spiro atoms. The van der Waals surface area contributed by atoms with Crippen molar-refractivity contribution in [2.45, 2.75) is 12.5 Å². The lowest BCUT2D eigenvalue weighted by atomic mass is 10.2. The third-order valence-electron chi connectivity index (χ3n) is 2.49. The molecule has 1 aromatic rings. The summed E-state index contributed by atoms with van der Waals surface area (Å²) in [5.74, 6) is -1.63. The van der Waals surface area contributed by atoms with Gasteiger partial charge in [-0.15, -0.1) is 0 Å². The minimum atomic E-state index is -1.25. The van der Waals surface area contributed by atoms with Crippen LogP contribution in [0.1, 0.15) is 6.42 Å². The van der Waals surface area contributed by atoms with Gasteiger partial charge in [0.25, 0.3) is 0 Å². The molecule has 19 heavy (non-hydrogen) atoms. The normalized spacial score (nSPS) is 11.9. The number of quaternary nitrogens is 2. The maximum atomic E-state index is 11.7. The Hall–Kier alpha value is -1.63. The number of carbonyl (C=O) groups is 2. The molecule has 0 radical (unpaired) electrons. The van der Waals surface area contributed by atoms with Crippen LogP contribution in [0.25, 0.3) is 0 Å². The summed E-state index contributed by atoms with van der Waals surface area (Å²) in [6.45, 7) is 1.12. The summed E-state index contributed by atoms with van der Waals surface area (Å²) in [4.78, 5) is 22.6. The highest BCUT2D eigenvalue weighted by atomic mass is 35.5. The van der Waals surface area contributed by atoms with Crippen LogP contribution < -0.4 is 21.5 Å². The van der Waals surface area contributed by atoms with Gasteiger partial charge in [0, 0.05) is 10.7 Å². The third kappa shape index (κ3) is 5.69. The molecule has 0 aromatic heterocycles.